The SMILES string of the molecule is CCOC(=O)CN1CCN(C(=O)NC2(c3ccncc3)CCN(CCC3(c4ccc(Cl)c(Cl)c4)CCN(C(=O)c4ccccc4)C3)CC2)CC1. The number of rotatable bonds is 10. The molecule has 1 atom stereocenters. The van der Waals surface area contributed by atoms with Gasteiger partial charge in [-0.15, -0.1) is 0 Å². The molecule has 1 N–H and O–H groups in total. The molecule has 4 heterocycles. The van der Waals surface area contributed by atoms with E-state index in [2.05, 4.69) is 21.3 Å². The Balaban J connectivity index is 1.12. The molecule has 2 aromatic carbocycles. The van der Waals surface area contributed by atoms with Gasteiger partial charge in [-0.05, 0) is 86.7 Å². The standard InChI is InChI=1S/C38H46Cl2N6O4/c1-2-50-34(47)27-44-22-24-45(25-23-44)36(49)42-38(30-10-16-41-17-11-30)14-19-43(20-15-38)18-12-37(31-8-9-32(39)33(40)26-31)13-21-46(28-37)35(48)29-6-4-3-5-7-29/h3-11,16-17,26H,2,12-15,18-25,27-28H2,1H3,(H,42,49). The number of esters is 1. The Morgan fingerprint density at radius 2 is 1.52 bits per heavy atom. The van der Waals surface area contributed by atoms with Gasteiger partial charge < -0.3 is 24.8 Å². The molecule has 0 aliphatic carbocycles. The lowest BCUT2D eigenvalue weighted by atomic mass is 9.76. The molecule has 266 valence electrons. The van der Waals surface area contributed by atoms with Crippen LogP contribution in [0.25, 0.3) is 0 Å². The lowest BCUT2D eigenvalue weighted by Gasteiger charge is -2.45. The second-order valence-electron chi connectivity index (χ2n) is 13.7. The maximum Gasteiger partial charge on any atom is 0.320 e. The van der Waals surface area contributed by atoms with Gasteiger partial charge in [0.15, 0.2) is 0 Å². The quantitative estimate of drug-likeness (QED) is 0.279. The van der Waals surface area contributed by atoms with E-state index < -0.39 is 5.54 Å². The first-order valence-corrected chi connectivity index (χ1v) is 18.3. The van der Waals surface area contributed by atoms with Crippen LogP contribution in [-0.2, 0) is 20.5 Å². The zero-order valence-corrected chi connectivity index (χ0v) is 30.2. The van der Waals surface area contributed by atoms with Crippen LogP contribution in [0.15, 0.2) is 73.1 Å². The first-order chi connectivity index (χ1) is 24.2. The second kappa shape index (κ2) is 16.1. The fraction of sp³-hybridized carbons (Fsp3) is 0.474. The highest BCUT2D eigenvalue weighted by atomic mass is 35.5. The normalized spacial score (nSPS) is 21.2. The maximum absolute atomic E-state index is 13.7. The number of hydrogen-bond donors (Lipinski definition) is 1. The molecule has 6 rings (SSSR count). The molecule has 0 radical (unpaired) electrons. The summed E-state index contributed by atoms with van der Waals surface area (Å²) in [6.07, 6.45) is 6.77. The summed E-state index contributed by atoms with van der Waals surface area (Å²) in [5, 5.41) is 4.48. The van der Waals surface area contributed by atoms with Crippen LogP contribution in [0.1, 0.15) is 54.1 Å². The molecule has 3 saturated heterocycles. The second-order valence-corrected chi connectivity index (χ2v) is 14.5. The molecule has 50 heavy (non-hydrogen) atoms. The number of likely N-dealkylation sites (tertiary alicyclic amines) is 2. The number of aromatic nitrogens is 1. The van der Waals surface area contributed by atoms with Gasteiger partial charge in [0, 0.05) is 75.7 Å². The number of piperazine rings is 1. The topological polar surface area (TPSA) is 98.3 Å². The van der Waals surface area contributed by atoms with Crippen molar-refractivity contribution >= 4 is 41.1 Å². The molecule has 3 amide bonds. The number of piperidine rings is 1. The number of ether oxygens (including phenoxy) is 1. The number of carbonyl (C=O) groups is 3. The number of pyridine rings is 1. The highest BCUT2D eigenvalue weighted by Crippen LogP contribution is 2.41. The lowest BCUT2D eigenvalue weighted by Crippen LogP contribution is -2.59. The van der Waals surface area contributed by atoms with E-state index >= 15 is 0 Å². The number of amides is 3. The van der Waals surface area contributed by atoms with E-state index in [0.717, 1.165) is 56.4 Å². The Bertz CT molecular complexity index is 1630. The van der Waals surface area contributed by atoms with Crippen LogP contribution >= 0.6 is 23.2 Å². The summed E-state index contributed by atoms with van der Waals surface area (Å²) in [4.78, 5) is 51.7. The molecule has 1 unspecified atom stereocenters. The number of urea groups is 1. The number of carbonyl (C=O) groups excluding carboxylic acids is 3. The number of hydrogen-bond acceptors (Lipinski definition) is 7. The van der Waals surface area contributed by atoms with Gasteiger partial charge in [-0.3, -0.25) is 19.5 Å². The van der Waals surface area contributed by atoms with E-state index in [1.165, 1.54) is 0 Å². The Hall–Kier alpha value is -3.70. The van der Waals surface area contributed by atoms with Crippen LogP contribution in [0.4, 0.5) is 4.79 Å². The minimum atomic E-state index is -0.522. The summed E-state index contributed by atoms with van der Waals surface area (Å²) < 4.78 is 5.10. The third-order valence-corrected chi connectivity index (χ3v) is 11.4. The van der Waals surface area contributed by atoms with E-state index in [1.54, 1.807) is 19.3 Å². The molecular weight excluding hydrogens is 675 g/mol. The monoisotopic (exact) mass is 720 g/mol. The van der Waals surface area contributed by atoms with E-state index in [0.29, 0.717) is 61.5 Å². The van der Waals surface area contributed by atoms with E-state index in [9.17, 15) is 14.4 Å². The number of nitrogens with zero attached hydrogens (tertiary/aromatic N) is 5. The number of nitrogens with one attached hydrogen (secondary N) is 1. The van der Waals surface area contributed by atoms with Crippen molar-refractivity contribution in [2.45, 2.75) is 43.6 Å². The first-order valence-electron chi connectivity index (χ1n) is 17.6. The van der Waals surface area contributed by atoms with Crippen LogP contribution in [-0.4, -0.2) is 115 Å². The first kappa shape index (κ1) is 36.1. The average molecular weight is 722 g/mol. The smallest absolute Gasteiger partial charge is 0.320 e. The minimum Gasteiger partial charge on any atom is -0.465 e. The van der Waals surface area contributed by atoms with Gasteiger partial charge in [0.25, 0.3) is 5.91 Å². The summed E-state index contributed by atoms with van der Waals surface area (Å²) in [5.74, 6) is -0.189. The van der Waals surface area contributed by atoms with Gasteiger partial charge in [-0.2, -0.15) is 0 Å². The van der Waals surface area contributed by atoms with Gasteiger partial charge in [0.2, 0.25) is 0 Å². The molecule has 3 fully saturated rings. The van der Waals surface area contributed by atoms with Crippen LogP contribution < -0.4 is 5.32 Å². The van der Waals surface area contributed by atoms with Gasteiger partial charge in [-0.1, -0.05) is 47.5 Å². The van der Waals surface area contributed by atoms with Crippen molar-refractivity contribution in [1.29, 1.82) is 0 Å². The minimum absolute atomic E-state index is 0.0452. The molecule has 3 aromatic rings. The molecule has 10 nitrogen and oxygen atoms in total. The fourth-order valence-corrected chi connectivity index (χ4v) is 7.99. The lowest BCUT2D eigenvalue weighted by molar-refractivity contribution is -0.144. The number of benzene rings is 2. The van der Waals surface area contributed by atoms with Gasteiger partial charge in [-0.25, -0.2) is 4.79 Å². The summed E-state index contributed by atoms with van der Waals surface area (Å²) in [6.45, 7) is 8.48. The van der Waals surface area contributed by atoms with Crippen molar-refractivity contribution < 1.29 is 19.1 Å². The van der Waals surface area contributed by atoms with Crippen LogP contribution in [0.3, 0.4) is 0 Å². The zero-order valence-electron chi connectivity index (χ0n) is 28.7. The van der Waals surface area contributed by atoms with Crippen LogP contribution in [0.5, 0.6) is 0 Å². The average Bonchev–Trinajstić information content (AvgIpc) is 3.59. The van der Waals surface area contributed by atoms with Gasteiger partial charge in [0.1, 0.15) is 0 Å². The van der Waals surface area contributed by atoms with Crippen LogP contribution in [0.2, 0.25) is 10.0 Å². The van der Waals surface area contributed by atoms with Gasteiger partial charge in [0.05, 0.1) is 28.7 Å². The fourth-order valence-electron chi connectivity index (χ4n) is 7.69. The predicted octanol–water partition coefficient (Wildman–Crippen LogP) is 5.44. The predicted molar refractivity (Wildman–Crippen MR) is 194 cm³/mol. The third kappa shape index (κ3) is 8.26. The zero-order chi connectivity index (χ0) is 35.1. The largest absolute Gasteiger partial charge is 0.465 e. The van der Waals surface area contributed by atoms with Gasteiger partial charge >= 0.3 is 12.0 Å². The molecule has 12 heteroatoms. The van der Waals surface area contributed by atoms with Crippen molar-refractivity contribution in [2.75, 3.05) is 72.1 Å². The Kier molecular flexibility index (Phi) is 11.6. The van der Waals surface area contributed by atoms with Crippen molar-refractivity contribution in [3.8, 4) is 0 Å². The molecule has 0 spiro atoms. The van der Waals surface area contributed by atoms with Crippen molar-refractivity contribution in [1.82, 2.24) is 29.9 Å². The van der Waals surface area contributed by atoms with Crippen LogP contribution in [0, 0.1) is 0 Å². The Morgan fingerprint density at radius 1 is 0.800 bits per heavy atom. The van der Waals surface area contributed by atoms with Crippen molar-refractivity contribution in [3.05, 3.63) is 99.8 Å². The third-order valence-electron chi connectivity index (χ3n) is 10.7. The highest BCUT2D eigenvalue weighted by Gasteiger charge is 2.43. The molecule has 0 bridgehead atoms. The number of halogens is 2. The summed E-state index contributed by atoms with van der Waals surface area (Å²) in [6, 6.07) is 19.3. The highest BCUT2D eigenvalue weighted by molar-refractivity contribution is 6.42. The molecular formula is C38H46Cl2N6O4. The van der Waals surface area contributed by atoms with E-state index in [-0.39, 0.29) is 29.9 Å². The summed E-state index contributed by atoms with van der Waals surface area (Å²) in [5.41, 5.74) is 2.07. The molecule has 1 aromatic heterocycles. The summed E-state index contributed by atoms with van der Waals surface area (Å²) in [7, 11) is 0. The van der Waals surface area contributed by atoms with E-state index in [4.69, 9.17) is 27.9 Å². The molecule has 3 aliphatic rings. The van der Waals surface area contributed by atoms with E-state index in [1.807, 2.05) is 69.3 Å². The van der Waals surface area contributed by atoms with Crippen molar-refractivity contribution in [3.63, 3.8) is 0 Å². The maximum atomic E-state index is 13.7. The molecule has 0 saturated carbocycles. The Morgan fingerprint density at radius 3 is 2.20 bits per heavy atom. The Labute approximate surface area is 304 Å². The van der Waals surface area contributed by atoms with Crippen molar-refractivity contribution in [2.24, 2.45) is 0 Å². The summed E-state index contributed by atoms with van der Waals surface area (Å²) >= 11 is 12.9. The molecule has 3 aliphatic heterocycles.